The molecule has 1 aliphatic carbocycles. The number of hydrogen-bond acceptors (Lipinski definition) is 3. The fourth-order valence-electron chi connectivity index (χ4n) is 3.14. The molecule has 0 radical (unpaired) electrons. The summed E-state index contributed by atoms with van der Waals surface area (Å²) in [6.07, 6.45) is 3.64. The molecular weight excluding hydrogens is 256 g/mol. The summed E-state index contributed by atoms with van der Waals surface area (Å²) in [5.41, 5.74) is 6.55. The lowest BCUT2D eigenvalue weighted by molar-refractivity contribution is 0.0532. The first-order valence-electron chi connectivity index (χ1n) is 6.79. The zero-order valence-corrected chi connectivity index (χ0v) is 12.7. The lowest BCUT2D eigenvalue weighted by atomic mass is 9.71. The first-order valence-corrected chi connectivity index (χ1v) is 7.20. The topological polar surface area (TPSA) is 48.1 Å². The van der Waals surface area contributed by atoms with Gasteiger partial charge in [0.05, 0.1) is 0 Å². The molecule has 0 bridgehead atoms. The first-order chi connectivity index (χ1) is 8.85. The fourth-order valence-corrected chi connectivity index (χ4v) is 3.25. The number of nitrogens with zero attached hydrogens (tertiary/aromatic N) is 1. The minimum atomic E-state index is 0.229. The highest BCUT2D eigenvalue weighted by Gasteiger charge is 2.33. The van der Waals surface area contributed by atoms with Crippen LogP contribution in [0.1, 0.15) is 45.7 Å². The molecule has 0 spiro atoms. The molecule has 1 fully saturated rings. The van der Waals surface area contributed by atoms with Gasteiger partial charge in [0.25, 0.3) is 0 Å². The minimum Gasteiger partial charge on any atom is -0.474 e. The van der Waals surface area contributed by atoms with E-state index < -0.39 is 0 Å². The maximum atomic E-state index is 6.03. The van der Waals surface area contributed by atoms with Crippen LogP contribution in [0.3, 0.4) is 0 Å². The van der Waals surface area contributed by atoms with E-state index in [2.05, 4.69) is 25.8 Å². The van der Waals surface area contributed by atoms with E-state index >= 15 is 0 Å². The third-order valence-corrected chi connectivity index (χ3v) is 3.82. The lowest BCUT2D eigenvalue weighted by Crippen LogP contribution is -2.34. The Bertz CT molecular complexity index is 473. The Kier molecular flexibility index (Phi) is 4.09. The molecule has 2 atom stereocenters. The summed E-state index contributed by atoms with van der Waals surface area (Å²) in [6.45, 7) is 6.89. The molecule has 2 unspecified atom stereocenters. The number of nitrogens with two attached hydrogens (primary N) is 1. The molecule has 4 heteroatoms. The molecule has 19 heavy (non-hydrogen) atoms. The van der Waals surface area contributed by atoms with Gasteiger partial charge in [0.15, 0.2) is 0 Å². The fraction of sp³-hybridized carbons (Fsp3) is 0.600. The van der Waals surface area contributed by atoms with Crippen LogP contribution in [-0.4, -0.2) is 16.1 Å². The van der Waals surface area contributed by atoms with Crippen LogP contribution in [0.4, 0.5) is 0 Å². The van der Waals surface area contributed by atoms with E-state index in [1.807, 2.05) is 18.2 Å². The Morgan fingerprint density at radius 2 is 2.16 bits per heavy atom. The second kappa shape index (κ2) is 5.45. The van der Waals surface area contributed by atoms with Crippen molar-refractivity contribution in [3.05, 3.63) is 23.9 Å². The molecule has 3 nitrogen and oxygen atoms in total. The third-order valence-electron chi connectivity index (χ3n) is 3.61. The molecule has 2 N–H and O–H groups in total. The maximum Gasteiger partial charge on any atom is 0.214 e. The molecule has 1 heterocycles. The standard InChI is InChI=1S/C15H22N2OS/c1-10-7-11(9-15(2,3)8-10)18-13-6-4-5-12(17-13)14(16)19/h4-6,10-11H,7-9H2,1-3H3,(H2,16,19). The van der Waals surface area contributed by atoms with Gasteiger partial charge >= 0.3 is 0 Å². The molecule has 1 saturated carbocycles. The Morgan fingerprint density at radius 1 is 1.42 bits per heavy atom. The number of rotatable bonds is 3. The normalized spacial score (nSPS) is 25.8. The Morgan fingerprint density at radius 3 is 2.79 bits per heavy atom. The monoisotopic (exact) mass is 278 g/mol. The van der Waals surface area contributed by atoms with E-state index in [0.717, 1.165) is 12.8 Å². The van der Waals surface area contributed by atoms with E-state index in [1.165, 1.54) is 6.42 Å². The van der Waals surface area contributed by atoms with Crippen molar-refractivity contribution in [2.75, 3.05) is 0 Å². The number of aromatic nitrogens is 1. The van der Waals surface area contributed by atoms with Crippen molar-refractivity contribution < 1.29 is 4.74 Å². The number of ether oxygens (including phenoxy) is 1. The van der Waals surface area contributed by atoms with Gasteiger partial charge in [-0.25, -0.2) is 4.98 Å². The highest BCUT2D eigenvalue weighted by atomic mass is 32.1. The summed E-state index contributed by atoms with van der Waals surface area (Å²) >= 11 is 4.94. The van der Waals surface area contributed by atoms with Crippen LogP contribution in [0.5, 0.6) is 5.88 Å². The zero-order chi connectivity index (χ0) is 14.0. The van der Waals surface area contributed by atoms with Crippen LogP contribution in [0, 0.1) is 11.3 Å². The van der Waals surface area contributed by atoms with Crippen molar-refractivity contribution in [1.29, 1.82) is 0 Å². The molecule has 0 aromatic carbocycles. The molecular formula is C15H22N2OS. The summed E-state index contributed by atoms with van der Waals surface area (Å²) in [7, 11) is 0. The second-order valence-corrected chi connectivity index (χ2v) is 6.82. The zero-order valence-electron chi connectivity index (χ0n) is 11.8. The SMILES string of the molecule is CC1CC(Oc2cccc(C(N)=S)n2)CC(C)(C)C1. The maximum absolute atomic E-state index is 6.03. The Balaban J connectivity index is 2.08. The van der Waals surface area contributed by atoms with Crippen molar-refractivity contribution in [3.63, 3.8) is 0 Å². The summed E-state index contributed by atoms with van der Waals surface area (Å²) in [4.78, 5) is 4.66. The van der Waals surface area contributed by atoms with Gasteiger partial charge < -0.3 is 10.5 Å². The average molecular weight is 278 g/mol. The Hall–Kier alpha value is -1.16. The van der Waals surface area contributed by atoms with Crippen molar-refractivity contribution in [1.82, 2.24) is 4.98 Å². The van der Waals surface area contributed by atoms with E-state index in [0.29, 0.717) is 27.9 Å². The quantitative estimate of drug-likeness (QED) is 0.862. The highest BCUT2D eigenvalue weighted by Crippen LogP contribution is 2.39. The van der Waals surface area contributed by atoms with Gasteiger partial charge in [-0.3, -0.25) is 0 Å². The predicted molar refractivity (Wildman–Crippen MR) is 81.3 cm³/mol. The summed E-state index contributed by atoms with van der Waals surface area (Å²) in [5.74, 6) is 1.31. The molecule has 2 rings (SSSR count). The highest BCUT2D eigenvalue weighted by molar-refractivity contribution is 7.80. The van der Waals surface area contributed by atoms with Gasteiger partial charge in [0.1, 0.15) is 16.8 Å². The molecule has 1 aliphatic rings. The van der Waals surface area contributed by atoms with Gasteiger partial charge in [-0.2, -0.15) is 0 Å². The van der Waals surface area contributed by atoms with Gasteiger partial charge in [-0.1, -0.05) is 39.1 Å². The van der Waals surface area contributed by atoms with Gasteiger partial charge in [-0.15, -0.1) is 0 Å². The summed E-state index contributed by atoms with van der Waals surface area (Å²) < 4.78 is 6.03. The number of hydrogen-bond donors (Lipinski definition) is 1. The van der Waals surface area contributed by atoms with Crippen LogP contribution in [0.25, 0.3) is 0 Å². The smallest absolute Gasteiger partial charge is 0.214 e. The molecule has 1 aromatic heterocycles. The predicted octanol–water partition coefficient (Wildman–Crippen LogP) is 3.31. The molecule has 104 valence electrons. The Labute approximate surface area is 120 Å². The minimum absolute atomic E-state index is 0.229. The van der Waals surface area contributed by atoms with Crippen LogP contribution in [0.2, 0.25) is 0 Å². The number of pyridine rings is 1. The van der Waals surface area contributed by atoms with E-state index in [9.17, 15) is 0 Å². The van der Waals surface area contributed by atoms with Crippen molar-refractivity contribution in [3.8, 4) is 5.88 Å². The summed E-state index contributed by atoms with van der Waals surface area (Å²) in [6, 6.07) is 5.56. The van der Waals surface area contributed by atoms with Gasteiger partial charge in [0, 0.05) is 6.07 Å². The molecule has 0 amide bonds. The largest absolute Gasteiger partial charge is 0.474 e. The average Bonchev–Trinajstić information content (AvgIpc) is 2.26. The second-order valence-electron chi connectivity index (χ2n) is 6.38. The van der Waals surface area contributed by atoms with Crippen molar-refractivity contribution in [2.24, 2.45) is 17.1 Å². The van der Waals surface area contributed by atoms with Crippen molar-refractivity contribution >= 4 is 17.2 Å². The van der Waals surface area contributed by atoms with Crippen LogP contribution in [-0.2, 0) is 0 Å². The van der Waals surface area contributed by atoms with E-state index in [1.54, 1.807) is 0 Å². The molecule has 0 aliphatic heterocycles. The first kappa shape index (κ1) is 14.3. The lowest BCUT2D eigenvalue weighted by Gasteiger charge is -2.38. The third kappa shape index (κ3) is 3.90. The van der Waals surface area contributed by atoms with Gasteiger partial charge in [0.2, 0.25) is 5.88 Å². The molecule has 0 saturated heterocycles. The molecule has 1 aromatic rings. The van der Waals surface area contributed by atoms with Gasteiger partial charge in [-0.05, 0) is 36.7 Å². The van der Waals surface area contributed by atoms with Crippen LogP contribution >= 0.6 is 12.2 Å². The van der Waals surface area contributed by atoms with E-state index in [4.69, 9.17) is 22.7 Å². The van der Waals surface area contributed by atoms with Crippen LogP contribution < -0.4 is 10.5 Å². The van der Waals surface area contributed by atoms with Crippen molar-refractivity contribution in [2.45, 2.75) is 46.1 Å². The summed E-state index contributed by atoms with van der Waals surface area (Å²) in [5, 5.41) is 0. The van der Waals surface area contributed by atoms with E-state index in [-0.39, 0.29) is 6.10 Å². The number of thiocarbonyl (C=S) groups is 1. The van der Waals surface area contributed by atoms with Crippen LogP contribution in [0.15, 0.2) is 18.2 Å².